The maximum absolute atomic E-state index is 14.5. The molecule has 0 unspecified atom stereocenters. The molecule has 0 spiro atoms. The predicted molar refractivity (Wildman–Crippen MR) is 130 cm³/mol. The zero-order valence-electron chi connectivity index (χ0n) is 20.0. The first-order chi connectivity index (χ1) is 16.2. The molecule has 4 rings (SSSR count). The highest BCUT2D eigenvalue weighted by molar-refractivity contribution is 6.16. The second-order valence-corrected chi connectivity index (χ2v) is 8.50. The number of para-hydroxylation sites is 1. The Morgan fingerprint density at radius 1 is 1.03 bits per heavy atom. The van der Waals surface area contributed by atoms with Crippen molar-refractivity contribution in [2.24, 2.45) is 0 Å². The van der Waals surface area contributed by atoms with Gasteiger partial charge in [0.15, 0.2) is 0 Å². The molecule has 0 saturated heterocycles. The lowest BCUT2D eigenvalue weighted by Crippen LogP contribution is -2.24. The Hall–Kier alpha value is -3.93. The number of nitrogens with zero attached hydrogens (tertiary/aromatic N) is 2. The molecule has 6 heteroatoms. The van der Waals surface area contributed by atoms with Gasteiger partial charge in [-0.1, -0.05) is 42.0 Å². The number of ether oxygens (including phenoxy) is 1. The van der Waals surface area contributed by atoms with Gasteiger partial charge in [0.05, 0.1) is 30.5 Å². The van der Waals surface area contributed by atoms with Crippen molar-refractivity contribution in [1.29, 1.82) is 0 Å². The van der Waals surface area contributed by atoms with E-state index < -0.39 is 5.97 Å². The lowest BCUT2D eigenvalue weighted by molar-refractivity contribution is -0.136. The largest absolute Gasteiger partial charge is 0.465 e. The zero-order chi connectivity index (χ0) is 24.6. The van der Waals surface area contributed by atoms with Crippen LogP contribution in [-0.2, 0) is 20.9 Å². The van der Waals surface area contributed by atoms with E-state index >= 15 is 0 Å². The van der Waals surface area contributed by atoms with E-state index in [1.54, 1.807) is 40.7 Å². The molecule has 0 radical (unpaired) electrons. The van der Waals surface area contributed by atoms with Crippen LogP contribution >= 0.6 is 0 Å². The summed E-state index contributed by atoms with van der Waals surface area (Å²) in [6, 6.07) is 16.3. The van der Waals surface area contributed by atoms with E-state index in [2.05, 4.69) is 0 Å². The molecule has 2 aromatic carbocycles. The van der Waals surface area contributed by atoms with Gasteiger partial charge in [-0.25, -0.2) is 9.18 Å². The van der Waals surface area contributed by atoms with Crippen LogP contribution in [0.1, 0.15) is 35.0 Å². The highest BCUT2D eigenvalue weighted by atomic mass is 19.1. The van der Waals surface area contributed by atoms with E-state index in [0.717, 1.165) is 28.1 Å². The molecular weight excluding hydrogens is 431 g/mol. The Kier molecular flexibility index (Phi) is 6.24. The van der Waals surface area contributed by atoms with Crippen molar-refractivity contribution in [1.82, 2.24) is 9.47 Å². The van der Waals surface area contributed by atoms with Crippen LogP contribution in [0.4, 0.5) is 4.39 Å². The normalized spacial score (nSPS) is 14.9. The SMILES string of the molecule is COC(=O)C1=C(C)N(Cc2ccc(C)cc2)C(=O)/C1=C\c1cc(C)n(-c2ccccc2F)c1C. The molecule has 1 aromatic heterocycles. The Morgan fingerprint density at radius 3 is 2.35 bits per heavy atom. The Bertz CT molecular complexity index is 1350. The molecule has 1 amide bonds. The fourth-order valence-corrected chi connectivity index (χ4v) is 4.39. The highest BCUT2D eigenvalue weighted by Gasteiger charge is 2.37. The summed E-state index contributed by atoms with van der Waals surface area (Å²) in [6.07, 6.45) is 1.70. The standard InChI is InChI=1S/C28H27FN2O3/c1-17-10-12-21(13-11-17)16-30-20(4)26(28(33)34-5)23(27(30)32)15-22-14-18(2)31(19(22)3)25-9-7-6-8-24(25)29/h6-15H,16H2,1-5H3/b23-15-. The van der Waals surface area contributed by atoms with Gasteiger partial charge in [-0.15, -0.1) is 0 Å². The van der Waals surface area contributed by atoms with Crippen LogP contribution < -0.4 is 0 Å². The fourth-order valence-electron chi connectivity index (χ4n) is 4.39. The number of methoxy groups -OCH3 is 1. The van der Waals surface area contributed by atoms with Crippen molar-refractivity contribution >= 4 is 18.0 Å². The molecule has 0 fully saturated rings. The summed E-state index contributed by atoms with van der Waals surface area (Å²) in [4.78, 5) is 27.8. The molecule has 1 aliphatic rings. The van der Waals surface area contributed by atoms with Gasteiger partial charge in [-0.3, -0.25) is 4.79 Å². The molecule has 1 aliphatic heterocycles. The second-order valence-electron chi connectivity index (χ2n) is 8.50. The number of amides is 1. The first kappa shape index (κ1) is 23.2. The predicted octanol–water partition coefficient (Wildman–Crippen LogP) is 5.41. The molecule has 0 atom stereocenters. The zero-order valence-corrected chi connectivity index (χ0v) is 20.0. The van der Waals surface area contributed by atoms with Crippen LogP contribution in [0.5, 0.6) is 0 Å². The first-order valence-corrected chi connectivity index (χ1v) is 11.1. The van der Waals surface area contributed by atoms with Gasteiger partial charge in [0.25, 0.3) is 5.91 Å². The second kappa shape index (κ2) is 9.14. The van der Waals surface area contributed by atoms with E-state index in [1.165, 1.54) is 13.2 Å². The fraction of sp³-hybridized carbons (Fsp3) is 0.214. The average molecular weight is 459 g/mol. The minimum Gasteiger partial charge on any atom is -0.465 e. The van der Waals surface area contributed by atoms with E-state index in [4.69, 9.17) is 4.74 Å². The molecule has 5 nitrogen and oxygen atoms in total. The van der Waals surface area contributed by atoms with Gasteiger partial charge in [0, 0.05) is 17.1 Å². The third-order valence-electron chi connectivity index (χ3n) is 6.23. The summed E-state index contributed by atoms with van der Waals surface area (Å²) < 4.78 is 21.3. The van der Waals surface area contributed by atoms with Gasteiger partial charge in [0.1, 0.15) is 5.82 Å². The summed E-state index contributed by atoms with van der Waals surface area (Å²) in [5.41, 5.74) is 5.90. The van der Waals surface area contributed by atoms with E-state index in [0.29, 0.717) is 17.9 Å². The number of halogens is 1. The van der Waals surface area contributed by atoms with Crippen molar-refractivity contribution in [3.05, 3.63) is 105 Å². The third-order valence-corrected chi connectivity index (χ3v) is 6.23. The van der Waals surface area contributed by atoms with Crippen LogP contribution in [-0.4, -0.2) is 28.5 Å². The summed E-state index contributed by atoms with van der Waals surface area (Å²) in [7, 11) is 1.30. The molecule has 34 heavy (non-hydrogen) atoms. The van der Waals surface area contributed by atoms with E-state index in [9.17, 15) is 14.0 Å². The minimum atomic E-state index is -0.564. The van der Waals surface area contributed by atoms with Crippen molar-refractivity contribution in [3.63, 3.8) is 0 Å². The molecule has 0 bridgehead atoms. The highest BCUT2D eigenvalue weighted by Crippen LogP contribution is 2.34. The number of benzene rings is 2. The van der Waals surface area contributed by atoms with Crippen LogP contribution in [0.2, 0.25) is 0 Å². The molecule has 0 saturated carbocycles. The number of allylic oxidation sites excluding steroid dienone is 1. The number of rotatable bonds is 5. The maximum atomic E-state index is 14.5. The summed E-state index contributed by atoms with van der Waals surface area (Å²) in [6.45, 7) is 7.84. The minimum absolute atomic E-state index is 0.246. The lowest BCUT2D eigenvalue weighted by Gasteiger charge is -2.18. The number of carbonyl (C=O) groups is 2. The van der Waals surface area contributed by atoms with Crippen LogP contribution in [0, 0.1) is 26.6 Å². The molecule has 174 valence electrons. The smallest absolute Gasteiger partial charge is 0.340 e. The van der Waals surface area contributed by atoms with Crippen LogP contribution in [0.3, 0.4) is 0 Å². The Morgan fingerprint density at radius 2 is 1.71 bits per heavy atom. The number of carbonyl (C=O) groups excluding carboxylic acids is 2. The first-order valence-electron chi connectivity index (χ1n) is 11.1. The average Bonchev–Trinajstić information content (AvgIpc) is 3.22. The van der Waals surface area contributed by atoms with Gasteiger partial charge < -0.3 is 14.2 Å². The number of aryl methyl sites for hydroxylation is 2. The van der Waals surface area contributed by atoms with Crippen molar-refractivity contribution < 1.29 is 18.7 Å². The van der Waals surface area contributed by atoms with Crippen LogP contribution in [0.15, 0.2) is 71.4 Å². The van der Waals surface area contributed by atoms with E-state index in [-0.39, 0.29) is 22.9 Å². The monoisotopic (exact) mass is 458 g/mol. The summed E-state index contributed by atoms with van der Waals surface area (Å²) in [5.74, 6) is -1.17. The number of hydrogen-bond acceptors (Lipinski definition) is 3. The molecule has 0 aliphatic carbocycles. The molecule has 0 N–H and O–H groups in total. The quantitative estimate of drug-likeness (QED) is 0.379. The topological polar surface area (TPSA) is 51.5 Å². The Labute approximate surface area is 198 Å². The number of esters is 1. The van der Waals surface area contributed by atoms with Gasteiger partial charge in [-0.05, 0) is 63.1 Å². The number of aromatic nitrogens is 1. The molecular formula is C28H27FN2O3. The Balaban J connectivity index is 1.79. The third kappa shape index (κ3) is 4.07. The summed E-state index contributed by atoms with van der Waals surface area (Å²) in [5, 5.41) is 0. The van der Waals surface area contributed by atoms with Crippen molar-refractivity contribution in [2.45, 2.75) is 34.2 Å². The molecule has 2 heterocycles. The van der Waals surface area contributed by atoms with Gasteiger partial charge in [-0.2, -0.15) is 0 Å². The molecule has 3 aromatic rings. The number of hydrogen-bond donors (Lipinski definition) is 0. The maximum Gasteiger partial charge on any atom is 0.340 e. The van der Waals surface area contributed by atoms with Crippen molar-refractivity contribution in [2.75, 3.05) is 7.11 Å². The van der Waals surface area contributed by atoms with Crippen LogP contribution in [0.25, 0.3) is 11.8 Å². The van der Waals surface area contributed by atoms with E-state index in [1.807, 2.05) is 51.1 Å². The van der Waals surface area contributed by atoms with Gasteiger partial charge >= 0.3 is 5.97 Å². The van der Waals surface area contributed by atoms with Crippen molar-refractivity contribution in [3.8, 4) is 5.69 Å². The summed E-state index contributed by atoms with van der Waals surface area (Å²) >= 11 is 0. The van der Waals surface area contributed by atoms with Gasteiger partial charge in [0.2, 0.25) is 0 Å². The lowest BCUT2D eigenvalue weighted by atomic mass is 10.0.